The van der Waals surface area contributed by atoms with Gasteiger partial charge in [0.25, 0.3) is 0 Å². The minimum absolute atomic E-state index is 0.109. The van der Waals surface area contributed by atoms with Crippen LogP contribution in [0.15, 0.2) is 70.2 Å². The first-order valence-electron chi connectivity index (χ1n) is 9.70. The molecule has 7 nitrogen and oxygen atoms in total. The Hall–Kier alpha value is -4.31. The summed E-state index contributed by atoms with van der Waals surface area (Å²) in [5.41, 5.74) is 2.89. The van der Waals surface area contributed by atoms with Crippen LogP contribution in [-0.2, 0) is 0 Å². The summed E-state index contributed by atoms with van der Waals surface area (Å²) < 4.78 is 16.4. The molecule has 1 atom stereocenters. The number of nitriles is 1. The fourth-order valence-electron chi connectivity index (χ4n) is 3.56. The highest BCUT2D eigenvalue weighted by molar-refractivity contribution is 5.83. The Morgan fingerprint density at radius 1 is 1.13 bits per heavy atom. The third-order valence-corrected chi connectivity index (χ3v) is 5.22. The standard InChI is InChI=1S/C24H17N3O4/c1-14(16-4-2-3-15(7-16)10-25)27-23-9-18-22(11-26-23)29-12-19(24(18)28)17-5-6-20-21(8-17)31-13-30-20/h2-9,11-12,14H,13H2,1H3,(H,26,27). The fourth-order valence-corrected chi connectivity index (χ4v) is 3.56. The van der Waals surface area contributed by atoms with Crippen LogP contribution in [0.5, 0.6) is 11.5 Å². The first-order valence-corrected chi connectivity index (χ1v) is 9.70. The molecule has 31 heavy (non-hydrogen) atoms. The van der Waals surface area contributed by atoms with Crippen LogP contribution in [0.25, 0.3) is 22.1 Å². The molecule has 0 saturated carbocycles. The smallest absolute Gasteiger partial charge is 0.231 e. The molecule has 152 valence electrons. The van der Waals surface area contributed by atoms with E-state index in [4.69, 9.17) is 19.2 Å². The van der Waals surface area contributed by atoms with E-state index in [0.717, 1.165) is 5.56 Å². The van der Waals surface area contributed by atoms with Crippen molar-refractivity contribution in [1.29, 1.82) is 5.26 Å². The maximum Gasteiger partial charge on any atom is 0.231 e. The third-order valence-electron chi connectivity index (χ3n) is 5.22. The van der Waals surface area contributed by atoms with E-state index in [9.17, 15) is 4.79 Å². The van der Waals surface area contributed by atoms with E-state index in [0.29, 0.717) is 45.0 Å². The Morgan fingerprint density at radius 2 is 2.00 bits per heavy atom. The molecule has 2 aromatic heterocycles. The van der Waals surface area contributed by atoms with Crippen molar-refractivity contribution in [2.75, 3.05) is 12.1 Å². The summed E-state index contributed by atoms with van der Waals surface area (Å²) in [6.07, 6.45) is 2.97. The van der Waals surface area contributed by atoms with Crippen LogP contribution >= 0.6 is 0 Å². The van der Waals surface area contributed by atoms with Crippen LogP contribution in [0.2, 0.25) is 0 Å². The summed E-state index contributed by atoms with van der Waals surface area (Å²) in [7, 11) is 0. The summed E-state index contributed by atoms with van der Waals surface area (Å²) in [5, 5.41) is 12.8. The number of benzene rings is 2. The second kappa shape index (κ2) is 7.50. The van der Waals surface area contributed by atoms with Crippen LogP contribution in [-0.4, -0.2) is 11.8 Å². The van der Waals surface area contributed by atoms with Gasteiger partial charge in [-0.15, -0.1) is 0 Å². The average molecular weight is 411 g/mol. The molecule has 0 saturated heterocycles. The van der Waals surface area contributed by atoms with E-state index < -0.39 is 0 Å². The molecule has 5 rings (SSSR count). The zero-order valence-electron chi connectivity index (χ0n) is 16.6. The SMILES string of the molecule is CC(Nc1cc2c(=O)c(-c3ccc4c(c3)OCO4)coc2cn1)c1cccc(C#N)c1. The third kappa shape index (κ3) is 3.45. The summed E-state index contributed by atoms with van der Waals surface area (Å²) in [4.78, 5) is 17.6. The van der Waals surface area contributed by atoms with Crippen molar-refractivity contribution < 1.29 is 13.9 Å². The lowest BCUT2D eigenvalue weighted by Gasteiger charge is -2.15. The van der Waals surface area contributed by atoms with E-state index in [1.807, 2.05) is 25.1 Å². The minimum atomic E-state index is -0.162. The highest BCUT2D eigenvalue weighted by atomic mass is 16.7. The Balaban J connectivity index is 1.50. The predicted molar refractivity (Wildman–Crippen MR) is 115 cm³/mol. The molecule has 0 bridgehead atoms. The molecule has 0 spiro atoms. The van der Waals surface area contributed by atoms with Crippen molar-refractivity contribution in [2.45, 2.75) is 13.0 Å². The molecule has 1 N–H and O–H groups in total. The van der Waals surface area contributed by atoms with Gasteiger partial charge < -0.3 is 19.2 Å². The van der Waals surface area contributed by atoms with Gasteiger partial charge in [0.15, 0.2) is 17.1 Å². The highest BCUT2D eigenvalue weighted by Gasteiger charge is 2.17. The maximum absolute atomic E-state index is 13.2. The number of fused-ring (bicyclic) bond motifs is 2. The number of aromatic nitrogens is 1. The minimum Gasteiger partial charge on any atom is -0.462 e. The number of nitrogens with one attached hydrogen (secondary N) is 1. The molecule has 3 heterocycles. The van der Waals surface area contributed by atoms with Crippen LogP contribution < -0.4 is 20.2 Å². The zero-order chi connectivity index (χ0) is 21.4. The first-order chi connectivity index (χ1) is 15.1. The largest absolute Gasteiger partial charge is 0.462 e. The second-order valence-electron chi connectivity index (χ2n) is 7.22. The van der Waals surface area contributed by atoms with Crippen molar-refractivity contribution in [1.82, 2.24) is 4.98 Å². The Morgan fingerprint density at radius 3 is 2.87 bits per heavy atom. The van der Waals surface area contributed by atoms with Gasteiger partial charge in [0.2, 0.25) is 12.2 Å². The van der Waals surface area contributed by atoms with Crippen molar-refractivity contribution >= 4 is 16.8 Å². The van der Waals surface area contributed by atoms with E-state index >= 15 is 0 Å². The molecule has 2 aromatic carbocycles. The molecule has 0 aliphatic carbocycles. The van der Waals surface area contributed by atoms with Gasteiger partial charge in [-0.25, -0.2) is 4.98 Å². The zero-order valence-corrected chi connectivity index (χ0v) is 16.6. The second-order valence-corrected chi connectivity index (χ2v) is 7.22. The van der Waals surface area contributed by atoms with E-state index in [1.165, 1.54) is 12.5 Å². The highest BCUT2D eigenvalue weighted by Crippen LogP contribution is 2.35. The predicted octanol–water partition coefficient (Wildman–Crippen LogP) is 4.63. The first kappa shape index (κ1) is 18.7. The van der Waals surface area contributed by atoms with Gasteiger partial charge in [-0.3, -0.25) is 4.79 Å². The Kier molecular flexibility index (Phi) is 4.53. The molecule has 0 amide bonds. The molecule has 0 radical (unpaired) electrons. The van der Waals surface area contributed by atoms with Crippen molar-refractivity contribution in [3.05, 3.63) is 82.3 Å². The normalized spacial score (nSPS) is 13.0. The molecule has 4 aromatic rings. The number of hydrogen-bond donors (Lipinski definition) is 1. The summed E-state index contributed by atoms with van der Waals surface area (Å²) in [5.74, 6) is 1.79. The average Bonchev–Trinajstić information content (AvgIpc) is 3.27. The van der Waals surface area contributed by atoms with Crippen LogP contribution in [0.4, 0.5) is 5.82 Å². The molecular formula is C24H17N3O4. The molecule has 1 unspecified atom stereocenters. The number of hydrogen-bond acceptors (Lipinski definition) is 7. The lowest BCUT2D eigenvalue weighted by atomic mass is 10.0. The van der Waals surface area contributed by atoms with E-state index in [1.54, 1.807) is 30.3 Å². The van der Waals surface area contributed by atoms with E-state index in [-0.39, 0.29) is 18.3 Å². The maximum atomic E-state index is 13.2. The van der Waals surface area contributed by atoms with Crippen molar-refractivity contribution in [3.63, 3.8) is 0 Å². The monoisotopic (exact) mass is 411 g/mol. The summed E-state index contributed by atoms with van der Waals surface area (Å²) in [6.45, 7) is 2.13. The lowest BCUT2D eigenvalue weighted by Crippen LogP contribution is -2.10. The Bertz CT molecular complexity index is 1400. The van der Waals surface area contributed by atoms with Gasteiger partial charge in [-0.05, 0) is 48.4 Å². The number of rotatable bonds is 4. The lowest BCUT2D eigenvalue weighted by molar-refractivity contribution is 0.174. The number of pyridine rings is 1. The molecular weight excluding hydrogens is 394 g/mol. The topological polar surface area (TPSA) is 97.4 Å². The summed E-state index contributed by atoms with van der Waals surface area (Å²) in [6, 6.07) is 16.4. The van der Waals surface area contributed by atoms with Gasteiger partial charge in [0, 0.05) is 6.04 Å². The van der Waals surface area contributed by atoms with E-state index in [2.05, 4.69) is 16.4 Å². The Labute approximate surface area is 177 Å². The van der Waals surface area contributed by atoms with Gasteiger partial charge in [-0.1, -0.05) is 18.2 Å². The number of anilines is 1. The molecule has 1 aliphatic rings. The van der Waals surface area contributed by atoms with Crippen molar-refractivity contribution in [3.8, 4) is 28.7 Å². The van der Waals surface area contributed by atoms with Gasteiger partial charge in [-0.2, -0.15) is 5.26 Å². The van der Waals surface area contributed by atoms with Crippen LogP contribution in [0.3, 0.4) is 0 Å². The fraction of sp³-hybridized carbons (Fsp3) is 0.125. The molecule has 0 fully saturated rings. The number of ether oxygens (including phenoxy) is 2. The van der Waals surface area contributed by atoms with Crippen LogP contribution in [0, 0.1) is 11.3 Å². The quantitative estimate of drug-likeness (QED) is 0.523. The number of nitrogens with zero attached hydrogens (tertiary/aromatic N) is 2. The van der Waals surface area contributed by atoms with Crippen LogP contribution in [0.1, 0.15) is 24.1 Å². The molecule has 1 aliphatic heterocycles. The van der Waals surface area contributed by atoms with Gasteiger partial charge >= 0.3 is 0 Å². The van der Waals surface area contributed by atoms with Crippen molar-refractivity contribution in [2.24, 2.45) is 0 Å². The van der Waals surface area contributed by atoms with Gasteiger partial charge in [0.05, 0.1) is 28.8 Å². The summed E-state index contributed by atoms with van der Waals surface area (Å²) >= 11 is 0. The molecule has 7 heteroatoms. The van der Waals surface area contributed by atoms with Gasteiger partial charge in [0.1, 0.15) is 12.1 Å².